The van der Waals surface area contributed by atoms with Crippen molar-refractivity contribution in [3.05, 3.63) is 64.5 Å². The number of benzene rings is 2. The zero-order valence-corrected chi connectivity index (χ0v) is 23.3. The fourth-order valence-electron chi connectivity index (χ4n) is 7.05. The van der Waals surface area contributed by atoms with Crippen molar-refractivity contribution >= 4 is 11.9 Å². The summed E-state index contributed by atoms with van der Waals surface area (Å²) < 4.78 is 101. The molecule has 3 aliphatic rings. The van der Waals surface area contributed by atoms with E-state index in [9.17, 15) is 45.4 Å². The minimum atomic E-state index is -4.65. The van der Waals surface area contributed by atoms with Crippen LogP contribution in [0.2, 0.25) is 0 Å². The molecule has 43 heavy (non-hydrogen) atoms. The van der Waals surface area contributed by atoms with Gasteiger partial charge in [0.15, 0.2) is 6.73 Å². The smallest absolute Gasteiger partial charge is 0.416 e. The van der Waals surface area contributed by atoms with E-state index in [-0.39, 0.29) is 55.3 Å². The molecule has 0 radical (unpaired) electrons. The van der Waals surface area contributed by atoms with E-state index < -0.39 is 53.0 Å². The predicted octanol–water partition coefficient (Wildman–Crippen LogP) is 6.84. The highest BCUT2D eigenvalue weighted by Gasteiger charge is 2.54. The van der Waals surface area contributed by atoms with Crippen LogP contribution in [-0.4, -0.2) is 58.8 Å². The lowest BCUT2D eigenvalue weighted by molar-refractivity contribution is -0.177. The highest BCUT2D eigenvalue weighted by Crippen LogP contribution is 2.50. The molecule has 2 aromatic rings. The lowest BCUT2D eigenvalue weighted by atomic mass is 9.79. The van der Waals surface area contributed by atoms with Gasteiger partial charge < -0.3 is 19.6 Å². The fraction of sp³-hybridized carbons (Fsp3) is 0.533. The molecule has 1 amide bonds. The summed E-state index contributed by atoms with van der Waals surface area (Å²) in [5.41, 5.74) is -2.38. The first-order valence-electron chi connectivity index (χ1n) is 14.0. The monoisotopic (exact) mass is 616 g/mol. The van der Waals surface area contributed by atoms with E-state index in [1.54, 1.807) is 6.07 Å². The summed E-state index contributed by atoms with van der Waals surface area (Å²) in [6.07, 6.45) is -9.81. The van der Waals surface area contributed by atoms with Crippen molar-refractivity contribution in [1.29, 1.82) is 0 Å². The third kappa shape index (κ3) is 6.46. The average Bonchev–Trinajstić information content (AvgIpc) is 3.35. The summed E-state index contributed by atoms with van der Waals surface area (Å²) in [7, 11) is 0. The molecule has 4 atom stereocenters. The number of piperidine rings is 1. The largest absolute Gasteiger partial charge is 0.478 e. The van der Waals surface area contributed by atoms with Crippen LogP contribution in [0.3, 0.4) is 0 Å². The molecule has 5 rings (SSSR count). The van der Waals surface area contributed by atoms with Gasteiger partial charge in [0.25, 0.3) is 0 Å². The molecule has 1 aliphatic carbocycles. The first-order chi connectivity index (χ1) is 20.1. The van der Waals surface area contributed by atoms with Gasteiger partial charge in [-0.1, -0.05) is 13.0 Å². The molecular weight excluding hydrogens is 585 g/mol. The molecule has 234 valence electrons. The van der Waals surface area contributed by atoms with Crippen LogP contribution in [0.4, 0.5) is 30.7 Å². The molecule has 2 aliphatic heterocycles. The zero-order valence-electron chi connectivity index (χ0n) is 23.3. The second kappa shape index (κ2) is 11.3. The van der Waals surface area contributed by atoms with Crippen LogP contribution in [0.5, 0.6) is 5.75 Å². The van der Waals surface area contributed by atoms with Crippen molar-refractivity contribution in [3.63, 3.8) is 0 Å². The summed E-state index contributed by atoms with van der Waals surface area (Å²) in [5.74, 6) is -2.94. The van der Waals surface area contributed by atoms with Gasteiger partial charge in [0.2, 0.25) is 5.91 Å². The Bertz CT molecular complexity index is 1400. The topological polar surface area (TPSA) is 70.1 Å². The second-order valence-corrected chi connectivity index (χ2v) is 12.0. The number of rotatable bonds is 5. The van der Waals surface area contributed by atoms with E-state index in [0.717, 1.165) is 29.2 Å². The van der Waals surface area contributed by atoms with E-state index >= 15 is 0 Å². The van der Waals surface area contributed by atoms with Crippen LogP contribution in [0, 0.1) is 17.2 Å². The van der Waals surface area contributed by atoms with Crippen LogP contribution >= 0.6 is 0 Å². The Kier molecular flexibility index (Phi) is 8.16. The number of carboxylic acids is 1. The molecule has 6 nitrogen and oxygen atoms in total. The van der Waals surface area contributed by atoms with Gasteiger partial charge in [0, 0.05) is 18.2 Å². The van der Waals surface area contributed by atoms with Crippen molar-refractivity contribution < 1.29 is 50.2 Å². The van der Waals surface area contributed by atoms with E-state index in [0.29, 0.717) is 31.5 Å². The molecule has 2 heterocycles. The zero-order chi connectivity index (χ0) is 31.3. The van der Waals surface area contributed by atoms with Crippen LogP contribution in [0.25, 0.3) is 0 Å². The number of nitrogens with zero attached hydrogens (tertiary/aromatic N) is 2. The average molecular weight is 617 g/mol. The van der Waals surface area contributed by atoms with Crippen molar-refractivity contribution in [2.24, 2.45) is 11.3 Å². The Hall–Kier alpha value is -3.35. The van der Waals surface area contributed by atoms with Gasteiger partial charge in [-0.25, -0.2) is 9.18 Å². The van der Waals surface area contributed by atoms with Gasteiger partial charge in [-0.05, 0) is 80.0 Å². The number of aromatic carboxylic acids is 1. The molecule has 0 spiro atoms. The van der Waals surface area contributed by atoms with Crippen molar-refractivity contribution in [3.8, 4) is 5.75 Å². The molecular formula is C30H31F7N2O4. The lowest BCUT2D eigenvalue weighted by Gasteiger charge is -2.42. The summed E-state index contributed by atoms with van der Waals surface area (Å²) >= 11 is 0. The van der Waals surface area contributed by atoms with Gasteiger partial charge >= 0.3 is 18.3 Å². The van der Waals surface area contributed by atoms with Gasteiger partial charge in [-0.15, -0.1) is 0 Å². The number of fused-ring (bicyclic) bond motifs is 1. The van der Waals surface area contributed by atoms with Gasteiger partial charge in [-0.2, -0.15) is 26.3 Å². The first kappa shape index (κ1) is 31.1. The number of amides is 1. The van der Waals surface area contributed by atoms with Crippen LogP contribution in [0.1, 0.15) is 72.0 Å². The Balaban J connectivity index is 1.31. The molecule has 0 aromatic heterocycles. The second-order valence-electron chi connectivity index (χ2n) is 12.0. The lowest BCUT2D eigenvalue weighted by Crippen LogP contribution is -2.49. The van der Waals surface area contributed by atoms with Crippen molar-refractivity contribution in [2.45, 2.75) is 69.9 Å². The first-order valence-corrected chi connectivity index (χ1v) is 14.0. The normalized spacial score (nSPS) is 26.6. The molecule has 2 aromatic carbocycles. The molecule has 2 unspecified atom stereocenters. The number of carbonyl (C=O) groups excluding carboxylic acids is 1. The summed E-state index contributed by atoms with van der Waals surface area (Å²) in [6.45, 7) is 2.28. The maximum absolute atomic E-state index is 13.9. The van der Waals surface area contributed by atoms with E-state index in [4.69, 9.17) is 4.74 Å². The molecule has 0 bridgehead atoms. The Labute approximate surface area is 243 Å². The number of carboxylic acid groups (broad SMARTS) is 1. The van der Waals surface area contributed by atoms with E-state index in [1.807, 2.05) is 6.92 Å². The third-order valence-electron chi connectivity index (χ3n) is 9.09. The highest BCUT2D eigenvalue weighted by atomic mass is 19.4. The third-order valence-corrected chi connectivity index (χ3v) is 9.09. The minimum Gasteiger partial charge on any atom is -0.478 e. The number of likely N-dealkylation sites (tertiary alicyclic amines) is 1. The maximum atomic E-state index is 13.9. The SMILES string of the molecule is CC1CN([C@@H]2CC[C@](CC(F)(F)F)(C(=O)N3COc4ccc(C(F)(F)F)cc4C3)C2)CCC1c1ccc(F)c(C(=O)O)c1. The van der Waals surface area contributed by atoms with Crippen molar-refractivity contribution in [1.82, 2.24) is 9.80 Å². The molecule has 2 fully saturated rings. The van der Waals surface area contributed by atoms with Crippen LogP contribution in [-0.2, 0) is 17.5 Å². The number of hydrogen-bond acceptors (Lipinski definition) is 4. The van der Waals surface area contributed by atoms with E-state index in [1.165, 1.54) is 6.07 Å². The Morgan fingerprint density at radius 1 is 1.07 bits per heavy atom. The fourth-order valence-corrected chi connectivity index (χ4v) is 7.05. The summed E-state index contributed by atoms with van der Waals surface area (Å²) in [6, 6.07) is 6.54. The molecule has 1 saturated carbocycles. The Morgan fingerprint density at radius 2 is 1.81 bits per heavy atom. The highest BCUT2D eigenvalue weighted by molar-refractivity contribution is 5.88. The number of carbonyl (C=O) groups is 2. The number of ether oxygens (including phenoxy) is 1. The minimum absolute atomic E-state index is 0.0241. The molecule has 13 heteroatoms. The summed E-state index contributed by atoms with van der Waals surface area (Å²) in [5, 5.41) is 9.29. The van der Waals surface area contributed by atoms with E-state index in [2.05, 4.69) is 4.90 Å². The summed E-state index contributed by atoms with van der Waals surface area (Å²) in [4.78, 5) is 28.3. The number of alkyl halides is 6. The van der Waals surface area contributed by atoms with Gasteiger partial charge in [0.1, 0.15) is 11.6 Å². The van der Waals surface area contributed by atoms with Crippen molar-refractivity contribution in [2.75, 3.05) is 19.8 Å². The maximum Gasteiger partial charge on any atom is 0.416 e. The van der Waals surface area contributed by atoms with Gasteiger partial charge in [0.05, 0.1) is 29.5 Å². The van der Waals surface area contributed by atoms with Crippen LogP contribution < -0.4 is 4.74 Å². The molecule has 1 saturated heterocycles. The number of halogens is 7. The standard InChI is InChI=1S/C30H31F7N2O4/c1-17-13-38(9-7-22(17)18-2-4-24(31)23(11-18)26(40)41)21-6-8-28(12-21,15-29(32,33)34)27(42)39-14-19-10-20(30(35,36)37)3-5-25(19)43-16-39/h2-5,10-11,17,21-22H,6-9,12-16H2,1H3,(H,40,41)/t17?,21-,22?,28+/m1/s1. The van der Waals surface area contributed by atoms with Gasteiger partial charge in [-0.3, -0.25) is 4.79 Å². The van der Waals surface area contributed by atoms with Crippen LogP contribution in [0.15, 0.2) is 36.4 Å². The molecule has 1 N–H and O–H groups in total. The Morgan fingerprint density at radius 3 is 2.47 bits per heavy atom. The number of hydrogen-bond donors (Lipinski definition) is 1. The quantitative estimate of drug-likeness (QED) is 0.373. The predicted molar refractivity (Wildman–Crippen MR) is 140 cm³/mol.